The summed E-state index contributed by atoms with van der Waals surface area (Å²) in [5.41, 5.74) is 3.69. The molecule has 6 heteroatoms. The number of likely N-dealkylation sites (tertiary alicyclic amines) is 1. The number of fused-ring (bicyclic) bond motifs is 4. The second-order valence-corrected chi connectivity index (χ2v) is 9.30. The van der Waals surface area contributed by atoms with E-state index in [1.165, 1.54) is 16.7 Å². The third-order valence-corrected chi connectivity index (χ3v) is 7.42. The van der Waals surface area contributed by atoms with Crippen LogP contribution in [0.3, 0.4) is 0 Å². The van der Waals surface area contributed by atoms with Crippen molar-refractivity contribution in [2.45, 2.75) is 51.1 Å². The number of amides is 3. The molecule has 3 amide bonds. The Morgan fingerprint density at radius 2 is 2.00 bits per heavy atom. The first-order valence-corrected chi connectivity index (χ1v) is 12.3. The normalized spacial score (nSPS) is 23.9. The monoisotopic (exact) mass is 447 g/mol. The number of nitrogens with zero attached hydrogens (tertiary/aromatic N) is 2. The lowest BCUT2D eigenvalue weighted by Gasteiger charge is -2.51. The summed E-state index contributed by atoms with van der Waals surface area (Å²) in [6.07, 6.45) is 4.23. The van der Waals surface area contributed by atoms with E-state index in [1.54, 1.807) is 0 Å². The van der Waals surface area contributed by atoms with E-state index in [4.69, 9.17) is 4.74 Å². The van der Waals surface area contributed by atoms with E-state index in [9.17, 15) is 9.59 Å². The van der Waals surface area contributed by atoms with Crippen LogP contribution in [-0.4, -0.2) is 54.0 Å². The van der Waals surface area contributed by atoms with Crippen molar-refractivity contribution in [3.05, 3.63) is 65.2 Å². The van der Waals surface area contributed by atoms with E-state index in [0.717, 1.165) is 44.4 Å². The highest BCUT2D eigenvalue weighted by atomic mass is 16.5. The molecule has 6 nitrogen and oxygen atoms in total. The van der Waals surface area contributed by atoms with Gasteiger partial charge in [-0.2, -0.15) is 0 Å². The van der Waals surface area contributed by atoms with Crippen molar-refractivity contribution in [2.75, 3.05) is 26.2 Å². The Hall–Kier alpha value is -3.02. The van der Waals surface area contributed by atoms with Gasteiger partial charge in [-0.15, -0.1) is 0 Å². The predicted molar refractivity (Wildman–Crippen MR) is 127 cm³/mol. The molecule has 0 saturated carbocycles. The standard InChI is InChI=1S/C27H33N3O3/c1-2-33-21-10-11-22-20(17-21)13-16-29-24(22)18-25-23(26(29)31)9-6-15-30(25)27(32)28-14-12-19-7-4-3-5-8-19/h3-5,7-8,10-11,17,23-25H,2,6,9,12-16,18H2,1H3,(H,28,32)/t23-,24-,25-/m0/s1. The molecule has 3 heterocycles. The molecule has 0 radical (unpaired) electrons. The van der Waals surface area contributed by atoms with Crippen molar-refractivity contribution in [1.82, 2.24) is 15.1 Å². The molecule has 2 fully saturated rings. The molecule has 0 spiro atoms. The fourth-order valence-corrected chi connectivity index (χ4v) is 5.85. The fraction of sp³-hybridized carbons (Fsp3) is 0.481. The van der Waals surface area contributed by atoms with Gasteiger partial charge in [0.15, 0.2) is 0 Å². The molecule has 0 bridgehead atoms. The summed E-state index contributed by atoms with van der Waals surface area (Å²) in [5.74, 6) is 1.03. The van der Waals surface area contributed by atoms with Gasteiger partial charge >= 0.3 is 6.03 Å². The number of carbonyl (C=O) groups excluding carboxylic acids is 2. The molecule has 3 atom stereocenters. The van der Waals surface area contributed by atoms with Crippen LogP contribution >= 0.6 is 0 Å². The number of ether oxygens (including phenoxy) is 1. The summed E-state index contributed by atoms with van der Waals surface area (Å²) in [5, 5.41) is 3.11. The topological polar surface area (TPSA) is 61.9 Å². The van der Waals surface area contributed by atoms with Crippen LogP contribution in [0.25, 0.3) is 0 Å². The summed E-state index contributed by atoms with van der Waals surface area (Å²) < 4.78 is 5.69. The van der Waals surface area contributed by atoms with Crippen LogP contribution in [0.15, 0.2) is 48.5 Å². The summed E-state index contributed by atoms with van der Waals surface area (Å²) in [6, 6.07) is 16.4. The van der Waals surface area contributed by atoms with E-state index in [-0.39, 0.29) is 29.9 Å². The van der Waals surface area contributed by atoms with Crippen LogP contribution in [0.4, 0.5) is 4.79 Å². The molecule has 3 aliphatic heterocycles. The molecule has 0 aliphatic carbocycles. The van der Waals surface area contributed by atoms with Gasteiger partial charge in [0.2, 0.25) is 5.91 Å². The SMILES string of the molecule is CCOc1ccc2c(c1)CCN1C(=O)[C@H]3CCCN(C(=O)NCCc4ccccc4)[C@H]3C[C@@H]21. The zero-order chi connectivity index (χ0) is 22.8. The molecule has 2 aromatic carbocycles. The highest BCUT2D eigenvalue weighted by Gasteiger charge is 2.48. The molecular formula is C27H33N3O3. The number of carbonyl (C=O) groups is 2. The van der Waals surface area contributed by atoms with Gasteiger partial charge in [-0.25, -0.2) is 4.79 Å². The van der Waals surface area contributed by atoms with Crippen molar-refractivity contribution in [3.8, 4) is 5.75 Å². The second-order valence-electron chi connectivity index (χ2n) is 9.30. The molecule has 0 aromatic heterocycles. The largest absolute Gasteiger partial charge is 0.494 e. The fourth-order valence-electron chi connectivity index (χ4n) is 5.85. The van der Waals surface area contributed by atoms with Crippen molar-refractivity contribution < 1.29 is 14.3 Å². The van der Waals surface area contributed by atoms with Crippen LogP contribution in [-0.2, 0) is 17.6 Å². The Morgan fingerprint density at radius 3 is 2.82 bits per heavy atom. The maximum absolute atomic E-state index is 13.5. The van der Waals surface area contributed by atoms with E-state index in [1.807, 2.05) is 36.1 Å². The quantitative estimate of drug-likeness (QED) is 0.755. The van der Waals surface area contributed by atoms with Crippen molar-refractivity contribution in [3.63, 3.8) is 0 Å². The number of urea groups is 1. The molecule has 2 aromatic rings. The minimum atomic E-state index is -0.0841. The highest BCUT2D eigenvalue weighted by molar-refractivity contribution is 5.83. The van der Waals surface area contributed by atoms with Gasteiger partial charge in [-0.3, -0.25) is 4.79 Å². The predicted octanol–water partition coefficient (Wildman–Crippen LogP) is 3.95. The average molecular weight is 448 g/mol. The van der Waals surface area contributed by atoms with Gasteiger partial charge in [0, 0.05) is 25.7 Å². The second kappa shape index (κ2) is 9.46. The summed E-state index contributed by atoms with van der Waals surface area (Å²) >= 11 is 0. The van der Waals surface area contributed by atoms with E-state index >= 15 is 0 Å². The lowest BCUT2D eigenvalue weighted by molar-refractivity contribution is -0.148. The summed E-state index contributed by atoms with van der Waals surface area (Å²) in [4.78, 5) is 30.6. The Balaban J connectivity index is 1.31. The molecule has 1 N–H and O–H groups in total. The first-order chi connectivity index (χ1) is 16.2. The number of rotatable bonds is 5. The van der Waals surface area contributed by atoms with Gasteiger partial charge in [-0.1, -0.05) is 36.4 Å². The number of nitrogens with one attached hydrogen (secondary N) is 1. The van der Waals surface area contributed by atoms with Crippen molar-refractivity contribution >= 4 is 11.9 Å². The Bertz CT molecular complexity index is 1010. The number of piperidine rings is 2. The maximum atomic E-state index is 13.5. The number of benzene rings is 2. The van der Waals surface area contributed by atoms with Gasteiger partial charge in [0.05, 0.1) is 18.6 Å². The summed E-state index contributed by atoms with van der Waals surface area (Å²) in [7, 11) is 0. The Labute approximate surface area is 195 Å². The van der Waals surface area contributed by atoms with Crippen LogP contribution in [0, 0.1) is 5.92 Å². The van der Waals surface area contributed by atoms with Gasteiger partial charge in [0.25, 0.3) is 0 Å². The zero-order valence-electron chi connectivity index (χ0n) is 19.3. The van der Waals surface area contributed by atoms with E-state index in [0.29, 0.717) is 19.7 Å². The van der Waals surface area contributed by atoms with E-state index in [2.05, 4.69) is 34.5 Å². The first kappa shape index (κ1) is 21.8. The molecule has 3 aliphatic rings. The van der Waals surface area contributed by atoms with Crippen LogP contribution in [0.5, 0.6) is 5.75 Å². The molecule has 5 rings (SSSR count). The summed E-state index contributed by atoms with van der Waals surface area (Å²) in [6.45, 7) is 4.70. The third-order valence-electron chi connectivity index (χ3n) is 7.42. The van der Waals surface area contributed by atoms with Gasteiger partial charge in [-0.05, 0) is 67.9 Å². The first-order valence-electron chi connectivity index (χ1n) is 12.3. The van der Waals surface area contributed by atoms with Gasteiger partial charge in [0.1, 0.15) is 5.75 Å². The molecule has 174 valence electrons. The van der Waals surface area contributed by atoms with E-state index < -0.39 is 0 Å². The highest BCUT2D eigenvalue weighted by Crippen LogP contribution is 2.44. The molecule has 33 heavy (non-hydrogen) atoms. The van der Waals surface area contributed by atoms with Crippen LogP contribution < -0.4 is 10.1 Å². The minimum absolute atomic E-state index is 0.0374. The van der Waals surface area contributed by atoms with Crippen molar-refractivity contribution in [1.29, 1.82) is 0 Å². The van der Waals surface area contributed by atoms with Crippen molar-refractivity contribution in [2.24, 2.45) is 5.92 Å². The van der Waals surface area contributed by atoms with Gasteiger partial charge < -0.3 is 19.9 Å². The molecule has 2 saturated heterocycles. The third kappa shape index (κ3) is 4.31. The zero-order valence-corrected chi connectivity index (χ0v) is 19.3. The Kier molecular flexibility index (Phi) is 6.25. The lowest BCUT2D eigenvalue weighted by atomic mass is 9.76. The maximum Gasteiger partial charge on any atom is 0.317 e. The number of hydrogen-bond donors (Lipinski definition) is 1. The van der Waals surface area contributed by atoms with Crippen LogP contribution in [0.2, 0.25) is 0 Å². The molecular weight excluding hydrogens is 414 g/mol. The smallest absolute Gasteiger partial charge is 0.317 e. The molecule has 0 unspecified atom stereocenters. The van der Waals surface area contributed by atoms with Crippen LogP contribution in [0.1, 0.15) is 48.9 Å². The Morgan fingerprint density at radius 1 is 1.15 bits per heavy atom. The minimum Gasteiger partial charge on any atom is -0.494 e. The number of hydrogen-bond acceptors (Lipinski definition) is 3. The average Bonchev–Trinajstić information content (AvgIpc) is 2.84. The lowest BCUT2D eigenvalue weighted by Crippen LogP contribution is -2.61.